The zero-order valence-corrected chi connectivity index (χ0v) is 10.9. The van der Waals surface area contributed by atoms with Crippen molar-refractivity contribution in [3.63, 3.8) is 0 Å². The van der Waals surface area contributed by atoms with Crippen molar-refractivity contribution in [3.8, 4) is 0 Å². The van der Waals surface area contributed by atoms with Crippen molar-refractivity contribution >= 4 is 33.9 Å². The van der Waals surface area contributed by atoms with Crippen LogP contribution in [0.15, 0.2) is 0 Å². The summed E-state index contributed by atoms with van der Waals surface area (Å²) < 4.78 is 0. The smallest absolute Gasteiger partial charge is 0.343 e. The summed E-state index contributed by atoms with van der Waals surface area (Å²) in [7, 11) is 0. The molecule has 91 valence electrons. The van der Waals surface area contributed by atoms with E-state index in [9.17, 15) is 14.4 Å². The lowest BCUT2D eigenvalue weighted by Crippen LogP contribution is -2.08. The van der Waals surface area contributed by atoms with Crippen molar-refractivity contribution in [2.45, 2.75) is 27.7 Å². The Morgan fingerprint density at radius 1 is 1.29 bits per heavy atom. The second-order valence-corrected chi connectivity index (χ2v) is 4.59. The molecule has 1 heterocycles. The Labute approximate surface area is 103 Å². The predicted molar refractivity (Wildman–Crippen MR) is 64.5 cm³/mol. The molecule has 1 N–H and O–H groups in total. The Morgan fingerprint density at radius 2 is 1.88 bits per heavy atom. The van der Waals surface area contributed by atoms with E-state index in [0.29, 0.717) is 21.0 Å². The highest BCUT2D eigenvalue weighted by Crippen LogP contribution is 2.33. The van der Waals surface area contributed by atoms with Crippen molar-refractivity contribution in [2.24, 2.45) is 0 Å². The van der Waals surface area contributed by atoms with Crippen LogP contribution in [0.5, 0.6) is 0 Å². The maximum atomic E-state index is 11.5. The summed E-state index contributed by atoms with van der Waals surface area (Å²) in [6.07, 6.45) is 0. The number of Topliss-reactive ketones (excluding diaryl/α,β-unsaturated/α-hetero) is 2. The fraction of sp³-hybridized carbons (Fsp3) is 0.364. The van der Waals surface area contributed by atoms with Crippen LogP contribution in [-0.4, -0.2) is 17.5 Å². The van der Waals surface area contributed by atoms with Crippen molar-refractivity contribution in [1.82, 2.24) is 0 Å². The summed E-state index contributed by atoms with van der Waals surface area (Å²) in [5, 5.41) is 0.385. The van der Waals surface area contributed by atoms with Crippen LogP contribution in [0.4, 0.5) is 5.00 Å². The van der Waals surface area contributed by atoms with E-state index in [0.717, 1.165) is 11.3 Å². The molecule has 0 spiro atoms. The van der Waals surface area contributed by atoms with Crippen LogP contribution >= 0.6 is 11.3 Å². The van der Waals surface area contributed by atoms with Crippen molar-refractivity contribution in [1.29, 1.82) is 0 Å². The molecule has 0 saturated carbocycles. The molecule has 0 aliphatic heterocycles. The van der Waals surface area contributed by atoms with E-state index in [2.05, 4.69) is 10.3 Å². The van der Waals surface area contributed by atoms with Crippen LogP contribution in [0, 0.1) is 6.92 Å². The van der Waals surface area contributed by atoms with Crippen LogP contribution in [0.1, 0.15) is 46.4 Å². The topological polar surface area (TPSA) is 75.3 Å². The van der Waals surface area contributed by atoms with E-state index >= 15 is 0 Å². The summed E-state index contributed by atoms with van der Waals surface area (Å²) in [4.78, 5) is 38.6. The number of carbonyl (C=O) groups is 3. The normalized spacial score (nSPS) is 9.88. The van der Waals surface area contributed by atoms with Gasteiger partial charge in [0, 0.05) is 6.92 Å². The van der Waals surface area contributed by atoms with Gasteiger partial charge >= 0.3 is 11.8 Å². The maximum absolute atomic E-state index is 11.5. The molecule has 0 unspecified atom stereocenters. The number of hydrogen-bond acceptors (Lipinski definition) is 6. The van der Waals surface area contributed by atoms with E-state index in [1.165, 1.54) is 20.8 Å². The quantitative estimate of drug-likeness (QED) is 0.507. The molecule has 0 fully saturated rings. The lowest BCUT2D eigenvalue weighted by molar-refractivity contribution is -0.137. The van der Waals surface area contributed by atoms with Gasteiger partial charge in [-0.05, 0) is 19.4 Å². The van der Waals surface area contributed by atoms with Crippen molar-refractivity contribution in [3.05, 3.63) is 16.0 Å². The van der Waals surface area contributed by atoms with Crippen LogP contribution in [-0.2, 0) is 9.63 Å². The van der Waals surface area contributed by atoms with Crippen molar-refractivity contribution in [2.75, 3.05) is 5.48 Å². The van der Waals surface area contributed by atoms with Gasteiger partial charge in [0.2, 0.25) is 4.79 Å². The van der Waals surface area contributed by atoms with E-state index in [-0.39, 0.29) is 11.6 Å². The second-order valence-electron chi connectivity index (χ2n) is 3.57. The molecule has 17 heavy (non-hydrogen) atoms. The molecular weight excluding hydrogens is 242 g/mol. The highest BCUT2D eigenvalue weighted by Gasteiger charge is 2.27. The Kier molecular flexibility index (Phi) is 4.01. The molecule has 0 atom stereocenters. The molecule has 0 amide bonds. The van der Waals surface area contributed by atoms with E-state index < -0.39 is 5.97 Å². The Bertz CT molecular complexity index is 490. The van der Waals surface area contributed by atoms with Crippen LogP contribution in [0.25, 0.3) is 0 Å². The molecule has 0 bridgehead atoms. The minimum atomic E-state index is -0.519. The standard InChI is InChI=1S/C11H13NO4S/c1-5-9(6(2)13)11(12-16-8(4)15)17-10(5)7(3)14/h12H,1-4H3/q+1. The molecule has 1 radical (unpaired) electrons. The molecule has 6 heteroatoms. The zero-order valence-electron chi connectivity index (χ0n) is 10.0. The third-order valence-electron chi connectivity index (χ3n) is 2.11. The van der Waals surface area contributed by atoms with Gasteiger partial charge in [-0.3, -0.25) is 9.59 Å². The number of anilines is 1. The molecule has 0 saturated heterocycles. The maximum Gasteiger partial charge on any atom is 0.474 e. The molecular formula is C11H13NO4S+. The molecule has 0 aromatic carbocycles. The van der Waals surface area contributed by atoms with Gasteiger partial charge in [0.05, 0.1) is 11.8 Å². The highest BCUT2D eigenvalue weighted by molar-refractivity contribution is 7.18. The Morgan fingerprint density at radius 3 is 2.29 bits per heavy atom. The van der Waals surface area contributed by atoms with Crippen LogP contribution in [0.3, 0.4) is 0 Å². The van der Waals surface area contributed by atoms with Gasteiger partial charge in [-0.2, -0.15) is 0 Å². The van der Waals surface area contributed by atoms with E-state index in [4.69, 9.17) is 0 Å². The Balaban J connectivity index is 3.19. The first-order valence-electron chi connectivity index (χ1n) is 4.93. The molecule has 1 aromatic heterocycles. The number of thiophene rings is 1. The summed E-state index contributed by atoms with van der Waals surface area (Å²) in [5.74, 6) is -0.818. The first kappa shape index (κ1) is 13.4. The third kappa shape index (κ3) is 2.91. The minimum Gasteiger partial charge on any atom is -0.343 e. The first-order valence-corrected chi connectivity index (χ1v) is 5.75. The number of ketones is 2. The van der Waals surface area contributed by atoms with Gasteiger partial charge in [-0.15, -0.1) is 11.3 Å². The average Bonchev–Trinajstić information content (AvgIpc) is 2.52. The second kappa shape index (κ2) is 5.09. The molecule has 1 aromatic rings. The number of nitrogens with one attached hydrogen (secondary N) is 1. The van der Waals surface area contributed by atoms with Crippen LogP contribution in [0.2, 0.25) is 0 Å². The zero-order chi connectivity index (χ0) is 13.2. The summed E-state index contributed by atoms with van der Waals surface area (Å²) >= 11 is 1.11. The highest BCUT2D eigenvalue weighted by atomic mass is 32.1. The van der Waals surface area contributed by atoms with Crippen LogP contribution < -0.4 is 5.48 Å². The van der Waals surface area contributed by atoms with Gasteiger partial charge in [0.15, 0.2) is 5.78 Å². The summed E-state index contributed by atoms with van der Waals surface area (Å²) in [6.45, 7) is 5.77. The SMILES string of the molecule is CC(=O)ONc1sc(C(C)=O)c(C)c1C(C)=[O+]. The summed E-state index contributed by atoms with van der Waals surface area (Å²) in [6, 6.07) is 0. The lowest BCUT2D eigenvalue weighted by atomic mass is 10.1. The fourth-order valence-electron chi connectivity index (χ4n) is 1.46. The molecule has 0 aliphatic carbocycles. The molecule has 5 nitrogen and oxygen atoms in total. The number of hydrogen-bond donors (Lipinski definition) is 1. The average molecular weight is 255 g/mol. The number of carbonyl (C=O) groups excluding carboxylic acids is 3. The van der Waals surface area contributed by atoms with Gasteiger partial charge in [0.1, 0.15) is 10.6 Å². The first-order chi connectivity index (χ1) is 7.84. The van der Waals surface area contributed by atoms with Gasteiger partial charge in [-0.25, -0.2) is 5.48 Å². The Hall–Kier alpha value is -1.69. The predicted octanol–water partition coefficient (Wildman–Crippen LogP) is 2.35. The fourth-order valence-corrected chi connectivity index (χ4v) is 2.55. The largest absolute Gasteiger partial charge is 0.474 e. The van der Waals surface area contributed by atoms with E-state index in [1.807, 2.05) is 0 Å². The molecule has 1 rings (SSSR count). The van der Waals surface area contributed by atoms with E-state index in [1.54, 1.807) is 6.92 Å². The van der Waals surface area contributed by atoms with Crippen molar-refractivity contribution < 1.29 is 19.2 Å². The summed E-state index contributed by atoms with van der Waals surface area (Å²) in [5.41, 5.74) is 3.41. The van der Waals surface area contributed by atoms with Gasteiger partial charge in [0.25, 0.3) is 0 Å². The van der Waals surface area contributed by atoms with Gasteiger partial charge in [-0.1, -0.05) is 0 Å². The minimum absolute atomic E-state index is 0.120. The molecule has 0 aliphatic rings. The number of rotatable bonds is 4. The lowest BCUT2D eigenvalue weighted by Gasteiger charge is -2.01. The van der Waals surface area contributed by atoms with Gasteiger partial charge < -0.3 is 4.84 Å². The third-order valence-corrected chi connectivity index (χ3v) is 3.40. The monoisotopic (exact) mass is 255 g/mol.